The predicted molar refractivity (Wildman–Crippen MR) is 94.4 cm³/mol. The van der Waals surface area contributed by atoms with Gasteiger partial charge in [0.05, 0.1) is 25.9 Å². The molecule has 2 fully saturated rings. The summed E-state index contributed by atoms with van der Waals surface area (Å²) in [6, 6.07) is 0. The van der Waals surface area contributed by atoms with Gasteiger partial charge < -0.3 is 24.4 Å². The van der Waals surface area contributed by atoms with Crippen LogP contribution in [0.5, 0.6) is 0 Å². The van der Waals surface area contributed by atoms with E-state index >= 15 is 0 Å². The minimum atomic E-state index is 0.170. The van der Waals surface area contributed by atoms with Crippen LogP contribution in [0.4, 0.5) is 0 Å². The van der Waals surface area contributed by atoms with Gasteiger partial charge >= 0.3 is 0 Å². The Labute approximate surface area is 145 Å². The maximum atomic E-state index is 5.95. The lowest BCUT2D eigenvalue weighted by Crippen LogP contribution is -2.53. The van der Waals surface area contributed by atoms with Gasteiger partial charge in [0.15, 0.2) is 5.96 Å². The molecule has 3 heterocycles. The van der Waals surface area contributed by atoms with Crippen molar-refractivity contribution >= 4 is 5.96 Å². The van der Waals surface area contributed by atoms with E-state index in [-0.39, 0.29) is 12.2 Å². The molecule has 136 valence electrons. The van der Waals surface area contributed by atoms with Gasteiger partial charge in [-0.15, -0.1) is 0 Å². The second kappa shape index (κ2) is 9.39. The quantitative estimate of drug-likeness (QED) is 0.469. The van der Waals surface area contributed by atoms with Crippen LogP contribution >= 0.6 is 0 Å². The first kappa shape index (κ1) is 17.7. The summed E-state index contributed by atoms with van der Waals surface area (Å²) in [5.41, 5.74) is 1.47. The Balaban J connectivity index is 1.54. The molecule has 0 saturated carbocycles. The highest BCUT2D eigenvalue weighted by atomic mass is 16.5. The molecule has 0 aliphatic carbocycles. The van der Waals surface area contributed by atoms with Gasteiger partial charge in [0.2, 0.25) is 0 Å². The number of nitrogens with one attached hydrogen (secondary N) is 1. The number of ether oxygens (including phenoxy) is 3. The minimum absolute atomic E-state index is 0.170. The van der Waals surface area contributed by atoms with E-state index < -0.39 is 0 Å². The summed E-state index contributed by atoms with van der Waals surface area (Å²) in [7, 11) is 0. The van der Waals surface area contributed by atoms with Crippen LogP contribution in [0.1, 0.15) is 32.6 Å². The number of aliphatic imine (C=N–C) groups is 1. The SMILES string of the molecule is CCNC(=NCCC1=CCOCC1)N1CCOC(C2CCCO2)C1. The third-order valence-corrected chi connectivity index (χ3v) is 4.86. The summed E-state index contributed by atoms with van der Waals surface area (Å²) in [4.78, 5) is 7.18. The fourth-order valence-corrected chi connectivity index (χ4v) is 3.51. The average Bonchev–Trinajstić information content (AvgIpc) is 3.17. The van der Waals surface area contributed by atoms with Crippen molar-refractivity contribution in [2.24, 2.45) is 4.99 Å². The number of rotatable bonds is 5. The number of guanidine groups is 1. The van der Waals surface area contributed by atoms with Crippen LogP contribution in [0.25, 0.3) is 0 Å². The van der Waals surface area contributed by atoms with E-state index in [9.17, 15) is 0 Å². The summed E-state index contributed by atoms with van der Waals surface area (Å²) >= 11 is 0. The molecule has 0 aromatic carbocycles. The maximum Gasteiger partial charge on any atom is 0.194 e. The van der Waals surface area contributed by atoms with E-state index in [2.05, 4.69) is 23.2 Å². The normalized spacial score (nSPS) is 28.8. The standard InChI is InChI=1S/C18H31N3O3/c1-2-19-18(20-8-5-15-6-11-22-12-7-15)21-9-13-24-17(14-21)16-4-3-10-23-16/h6,16-17H,2-5,7-14H2,1H3,(H,19,20). The molecule has 0 bridgehead atoms. The monoisotopic (exact) mass is 337 g/mol. The molecule has 2 unspecified atom stereocenters. The third kappa shape index (κ3) is 4.94. The number of nitrogens with zero attached hydrogens (tertiary/aromatic N) is 2. The van der Waals surface area contributed by atoms with E-state index in [4.69, 9.17) is 19.2 Å². The fourth-order valence-electron chi connectivity index (χ4n) is 3.51. The predicted octanol–water partition coefficient (Wildman–Crippen LogP) is 1.57. The first-order chi connectivity index (χ1) is 11.9. The maximum absolute atomic E-state index is 5.95. The fraction of sp³-hybridized carbons (Fsp3) is 0.833. The van der Waals surface area contributed by atoms with Gasteiger partial charge in [-0.05, 0) is 32.6 Å². The minimum Gasteiger partial charge on any atom is -0.377 e. The Hall–Kier alpha value is -1.11. The molecule has 0 aromatic heterocycles. The zero-order valence-electron chi connectivity index (χ0n) is 14.8. The number of hydrogen-bond acceptors (Lipinski definition) is 4. The molecule has 2 saturated heterocycles. The van der Waals surface area contributed by atoms with Crippen molar-refractivity contribution in [3.63, 3.8) is 0 Å². The second-order valence-corrected chi connectivity index (χ2v) is 6.58. The largest absolute Gasteiger partial charge is 0.377 e. The Morgan fingerprint density at radius 2 is 2.21 bits per heavy atom. The molecular weight excluding hydrogens is 306 g/mol. The Morgan fingerprint density at radius 1 is 1.29 bits per heavy atom. The van der Waals surface area contributed by atoms with Gasteiger partial charge in [0.25, 0.3) is 0 Å². The smallest absolute Gasteiger partial charge is 0.194 e. The lowest BCUT2D eigenvalue weighted by atomic mass is 10.1. The van der Waals surface area contributed by atoms with Gasteiger partial charge in [-0.3, -0.25) is 4.99 Å². The Bertz CT molecular complexity index is 447. The molecule has 3 rings (SSSR count). The van der Waals surface area contributed by atoms with Crippen LogP contribution in [0, 0.1) is 0 Å². The molecule has 3 aliphatic rings. The molecule has 1 N–H and O–H groups in total. The second-order valence-electron chi connectivity index (χ2n) is 6.58. The van der Waals surface area contributed by atoms with Gasteiger partial charge in [-0.2, -0.15) is 0 Å². The van der Waals surface area contributed by atoms with Crippen LogP contribution in [-0.4, -0.2) is 75.7 Å². The van der Waals surface area contributed by atoms with Crippen LogP contribution in [0.15, 0.2) is 16.6 Å². The molecule has 0 aromatic rings. The number of hydrogen-bond donors (Lipinski definition) is 1. The molecule has 0 amide bonds. The lowest BCUT2D eigenvalue weighted by molar-refractivity contribution is -0.0817. The van der Waals surface area contributed by atoms with E-state index in [0.717, 1.165) is 84.2 Å². The molecule has 6 nitrogen and oxygen atoms in total. The van der Waals surface area contributed by atoms with Crippen molar-refractivity contribution in [2.45, 2.75) is 44.8 Å². The van der Waals surface area contributed by atoms with E-state index in [1.54, 1.807) is 0 Å². The summed E-state index contributed by atoms with van der Waals surface area (Å²) in [5, 5.41) is 3.44. The molecule has 0 spiro atoms. The van der Waals surface area contributed by atoms with Crippen molar-refractivity contribution in [1.29, 1.82) is 0 Å². The van der Waals surface area contributed by atoms with Crippen LogP contribution in [-0.2, 0) is 14.2 Å². The summed E-state index contributed by atoms with van der Waals surface area (Å²) in [6.07, 6.45) is 6.96. The van der Waals surface area contributed by atoms with Crippen molar-refractivity contribution < 1.29 is 14.2 Å². The van der Waals surface area contributed by atoms with Crippen molar-refractivity contribution in [3.05, 3.63) is 11.6 Å². The van der Waals surface area contributed by atoms with Crippen molar-refractivity contribution in [2.75, 3.05) is 52.6 Å². The van der Waals surface area contributed by atoms with E-state index in [1.165, 1.54) is 5.57 Å². The van der Waals surface area contributed by atoms with Gasteiger partial charge in [-0.1, -0.05) is 11.6 Å². The Morgan fingerprint density at radius 3 is 2.96 bits per heavy atom. The van der Waals surface area contributed by atoms with Gasteiger partial charge in [0, 0.05) is 32.8 Å². The molecule has 3 aliphatic heterocycles. The van der Waals surface area contributed by atoms with Crippen LogP contribution < -0.4 is 5.32 Å². The highest BCUT2D eigenvalue weighted by Crippen LogP contribution is 2.21. The highest BCUT2D eigenvalue weighted by Gasteiger charge is 2.32. The Kier molecular flexibility index (Phi) is 6.93. The lowest BCUT2D eigenvalue weighted by Gasteiger charge is -2.37. The van der Waals surface area contributed by atoms with Crippen LogP contribution in [0.3, 0.4) is 0 Å². The topological polar surface area (TPSA) is 55.3 Å². The highest BCUT2D eigenvalue weighted by molar-refractivity contribution is 5.80. The third-order valence-electron chi connectivity index (χ3n) is 4.86. The molecule has 24 heavy (non-hydrogen) atoms. The zero-order valence-corrected chi connectivity index (χ0v) is 14.8. The summed E-state index contributed by atoms with van der Waals surface area (Å²) in [5.74, 6) is 1.01. The first-order valence-corrected chi connectivity index (χ1v) is 9.39. The molecule has 0 radical (unpaired) electrons. The van der Waals surface area contributed by atoms with Gasteiger partial charge in [0.1, 0.15) is 6.10 Å². The average molecular weight is 337 g/mol. The molecule has 6 heteroatoms. The zero-order chi connectivity index (χ0) is 16.6. The summed E-state index contributed by atoms with van der Waals surface area (Å²) in [6.45, 7) is 8.82. The summed E-state index contributed by atoms with van der Waals surface area (Å²) < 4.78 is 17.1. The number of morpholine rings is 1. The van der Waals surface area contributed by atoms with Crippen LogP contribution in [0.2, 0.25) is 0 Å². The molecular formula is C18H31N3O3. The van der Waals surface area contributed by atoms with E-state index in [0.29, 0.717) is 0 Å². The van der Waals surface area contributed by atoms with Crippen molar-refractivity contribution in [3.8, 4) is 0 Å². The molecule has 2 atom stereocenters. The van der Waals surface area contributed by atoms with Crippen molar-refractivity contribution in [1.82, 2.24) is 10.2 Å². The van der Waals surface area contributed by atoms with Gasteiger partial charge in [-0.25, -0.2) is 0 Å². The first-order valence-electron chi connectivity index (χ1n) is 9.39. The van der Waals surface area contributed by atoms with E-state index in [1.807, 2.05) is 0 Å².